The van der Waals surface area contributed by atoms with Crippen molar-refractivity contribution in [3.05, 3.63) is 24.3 Å². The number of rotatable bonds is 9. The topological polar surface area (TPSA) is 50.7 Å². The second kappa shape index (κ2) is 8.90. The molecule has 0 saturated heterocycles. The Hall–Kier alpha value is -1.26. The second-order valence-electron chi connectivity index (χ2n) is 6.35. The highest BCUT2D eigenvalue weighted by Gasteiger charge is 2.16. The van der Waals surface area contributed by atoms with E-state index in [2.05, 4.69) is 26.1 Å². The van der Waals surface area contributed by atoms with Crippen molar-refractivity contribution in [2.24, 2.45) is 5.41 Å². The Labute approximate surface area is 128 Å². The van der Waals surface area contributed by atoms with Crippen LogP contribution >= 0.6 is 0 Å². The van der Waals surface area contributed by atoms with E-state index in [-0.39, 0.29) is 11.5 Å². The summed E-state index contributed by atoms with van der Waals surface area (Å²) in [5.74, 6) is 1.53. The molecule has 0 heterocycles. The van der Waals surface area contributed by atoms with E-state index in [1.807, 2.05) is 31.2 Å². The Morgan fingerprint density at radius 2 is 1.76 bits per heavy atom. The van der Waals surface area contributed by atoms with Crippen LogP contribution in [-0.4, -0.2) is 37.5 Å². The molecule has 1 atom stereocenters. The molecule has 0 aliphatic heterocycles. The number of hydrogen-bond acceptors (Lipinski definition) is 4. The van der Waals surface area contributed by atoms with Crippen molar-refractivity contribution in [3.63, 3.8) is 0 Å². The summed E-state index contributed by atoms with van der Waals surface area (Å²) < 4.78 is 11.2. The van der Waals surface area contributed by atoms with Gasteiger partial charge >= 0.3 is 0 Å². The van der Waals surface area contributed by atoms with Crippen LogP contribution in [0.5, 0.6) is 11.5 Å². The Kier molecular flexibility index (Phi) is 7.54. The molecular formula is C17H29NO3. The van der Waals surface area contributed by atoms with Crippen molar-refractivity contribution in [2.75, 3.05) is 26.3 Å². The van der Waals surface area contributed by atoms with Gasteiger partial charge in [-0.05, 0) is 30.9 Å². The van der Waals surface area contributed by atoms with Crippen molar-refractivity contribution in [1.82, 2.24) is 5.32 Å². The summed E-state index contributed by atoms with van der Waals surface area (Å²) in [5, 5.41) is 13.1. The van der Waals surface area contributed by atoms with Crippen molar-refractivity contribution in [3.8, 4) is 11.5 Å². The molecule has 0 aliphatic carbocycles. The second-order valence-corrected chi connectivity index (χ2v) is 6.35. The number of ether oxygens (including phenoxy) is 2. The molecule has 0 fully saturated rings. The fraction of sp³-hybridized carbons (Fsp3) is 0.647. The minimum atomic E-state index is -0.319. The molecule has 1 aromatic carbocycles. The molecule has 1 unspecified atom stereocenters. The van der Waals surface area contributed by atoms with Crippen LogP contribution in [0.25, 0.3) is 0 Å². The first kappa shape index (κ1) is 17.8. The van der Waals surface area contributed by atoms with E-state index in [0.29, 0.717) is 26.3 Å². The van der Waals surface area contributed by atoms with E-state index in [9.17, 15) is 5.11 Å². The van der Waals surface area contributed by atoms with Crippen molar-refractivity contribution in [2.45, 2.75) is 40.2 Å². The fourth-order valence-corrected chi connectivity index (χ4v) is 2.13. The molecule has 4 nitrogen and oxygen atoms in total. The molecule has 120 valence electrons. The molecule has 4 heteroatoms. The minimum absolute atomic E-state index is 0.147. The van der Waals surface area contributed by atoms with Crippen molar-refractivity contribution < 1.29 is 14.6 Å². The van der Waals surface area contributed by atoms with Gasteiger partial charge in [0.1, 0.15) is 6.61 Å². The minimum Gasteiger partial charge on any atom is -0.490 e. The van der Waals surface area contributed by atoms with Gasteiger partial charge in [-0.25, -0.2) is 0 Å². The lowest BCUT2D eigenvalue weighted by Gasteiger charge is -2.22. The Bertz CT molecular complexity index is 401. The first-order chi connectivity index (χ1) is 9.92. The van der Waals surface area contributed by atoms with E-state index in [0.717, 1.165) is 17.9 Å². The lowest BCUT2D eigenvalue weighted by atomic mass is 9.89. The standard InChI is InChI=1S/C17H29NO3/c1-5-20-15-8-6-7-9-16(15)21-11-10-18-13-14(19)12-17(2,3)4/h6-9,14,18-19H,5,10-13H2,1-4H3. The van der Waals surface area contributed by atoms with Crippen molar-refractivity contribution >= 4 is 0 Å². The van der Waals surface area contributed by atoms with Gasteiger partial charge in [0.15, 0.2) is 11.5 Å². The van der Waals surface area contributed by atoms with Gasteiger partial charge in [-0.15, -0.1) is 0 Å². The highest BCUT2D eigenvalue weighted by molar-refractivity contribution is 5.39. The summed E-state index contributed by atoms with van der Waals surface area (Å²) >= 11 is 0. The number of aliphatic hydroxyl groups is 1. The summed E-state index contributed by atoms with van der Waals surface area (Å²) in [6, 6.07) is 7.66. The first-order valence-corrected chi connectivity index (χ1v) is 7.66. The normalized spacial score (nSPS) is 13.0. The van der Waals surface area contributed by atoms with Crippen LogP contribution < -0.4 is 14.8 Å². The van der Waals surface area contributed by atoms with E-state index < -0.39 is 0 Å². The maximum absolute atomic E-state index is 9.89. The molecule has 1 rings (SSSR count). The molecule has 0 bridgehead atoms. The number of nitrogens with one attached hydrogen (secondary N) is 1. The smallest absolute Gasteiger partial charge is 0.161 e. The van der Waals surface area contributed by atoms with Gasteiger partial charge in [-0.3, -0.25) is 0 Å². The molecule has 0 aromatic heterocycles. The summed E-state index contributed by atoms with van der Waals surface area (Å²) in [6.45, 7) is 10.8. The van der Waals surface area contributed by atoms with Crippen LogP contribution in [0.2, 0.25) is 0 Å². The van der Waals surface area contributed by atoms with Gasteiger partial charge in [0.25, 0.3) is 0 Å². The molecule has 0 amide bonds. The van der Waals surface area contributed by atoms with Crippen LogP contribution in [0.15, 0.2) is 24.3 Å². The number of benzene rings is 1. The monoisotopic (exact) mass is 295 g/mol. The highest BCUT2D eigenvalue weighted by atomic mass is 16.5. The van der Waals surface area contributed by atoms with E-state index in [4.69, 9.17) is 9.47 Å². The fourth-order valence-electron chi connectivity index (χ4n) is 2.13. The summed E-state index contributed by atoms with van der Waals surface area (Å²) in [4.78, 5) is 0. The number of para-hydroxylation sites is 2. The van der Waals surface area contributed by atoms with Crippen LogP contribution in [-0.2, 0) is 0 Å². The lowest BCUT2D eigenvalue weighted by molar-refractivity contribution is 0.118. The van der Waals surface area contributed by atoms with Crippen LogP contribution in [0.1, 0.15) is 34.1 Å². The van der Waals surface area contributed by atoms with E-state index in [1.54, 1.807) is 0 Å². The van der Waals surface area contributed by atoms with Crippen LogP contribution in [0, 0.1) is 5.41 Å². The lowest BCUT2D eigenvalue weighted by Crippen LogP contribution is -2.32. The van der Waals surface area contributed by atoms with Gasteiger partial charge in [0, 0.05) is 13.1 Å². The van der Waals surface area contributed by atoms with E-state index in [1.165, 1.54) is 0 Å². The van der Waals surface area contributed by atoms with Gasteiger partial charge in [0.2, 0.25) is 0 Å². The maximum atomic E-state index is 9.89. The largest absolute Gasteiger partial charge is 0.490 e. The average molecular weight is 295 g/mol. The molecule has 0 aliphatic rings. The SMILES string of the molecule is CCOc1ccccc1OCCNCC(O)CC(C)(C)C. The number of hydrogen-bond donors (Lipinski definition) is 2. The van der Waals surface area contributed by atoms with Gasteiger partial charge < -0.3 is 19.9 Å². The Morgan fingerprint density at radius 3 is 2.33 bits per heavy atom. The molecular weight excluding hydrogens is 266 g/mol. The Morgan fingerprint density at radius 1 is 1.14 bits per heavy atom. The summed E-state index contributed by atoms with van der Waals surface area (Å²) in [6.07, 6.45) is 0.467. The molecule has 21 heavy (non-hydrogen) atoms. The summed E-state index contributed by atoms with van der Waals surface area (Å²) in [5.41, 5.74) is 0.147. The predicted molar refractivity (Wildman–Crippen MR) is 86.1 cm³/mol. The van der Waals surface area contributed by atoms with Crippen LogP contribution in [0.4, 0.5) is 0 Å². The zero-order valence-corrected chi connectivity index (χ0v) is 13.7. The molecule has 1 aromatic rings. The first-order valence-electron chi connectivity index (χ1n) is 7.66. The molecule has 0 radical (unpaired) electrons. The highest BCUT2D eigenvalue weighted by Crippen LogP contribution is 2.26. The summed E-state index contributed by atoms with van der Waals surface area (Å²) in [7, 11) is 0. The van der Waals surface area contributed by atoms with Crippen LogP contribution in [0.3, 0.4) is 0 Å². The predicted octanol–water partition coefficient (Wildman–Crippen LogP) is 2.85. The third-order valence-electron chi connectivity index (χ3n) is 2.91. The third kappa shape index (κ3) is 7.93. The van der Waals surface area contributed by atoms with Gasteiger partial charge in [-0.1, -0.05) is 32.9 Å². The zero-order chi connectivity index (χ0) is 15.7. The van der Waals surface area contributed by atoms with Crippen molar-refractivity contribution in [1.29, 1.82) is 0 Å². The zero-order valence-electron chi connectivity index (χ0n) is 13.7. The molecule has 0 saturated carbocycles. The number of aliphatic hydroxyl groups excluding tert-OH is 1. The van der Waals surface area contributed by atoms with Gasteiger partial charge in [0.05, 0.1) is 12.7 Å². The van der Waals surface area contributed by atoms with Gasteiger partial charge in [-0.2, -0.15) is 0 Å². The quantitative estimate of drug-likeness (QED) is 0.688. The van der Waals surface area contributed by atoms with E-state index >= 15 is 0 Å². The molecule has 2 N–H and O–H groups in total. The Balaban J connectivity index is 2.23. The average Bonchev–Trinajstić information content (AvgIpc) is 2.38. The maximum Gasteiger partial charge on any atom is 0.161 e. The third-order valence-corrected chi connectivity index (χ3v) is 2.91. The molecule has 0 spiro atoms.